The Morgan fingerprint density at radius 1 is 0.947 bits per heavy atom. The second-order valence-electron chi connectivity index (χ2n) is 10.6. The number of halogens is 2. The fourth-order valence-corrected chi connectivity index (χ4v) is 5.19. The molecule has 0 radical (unpaired) electrons. The van der Waals surface area contributed by atoms with Crippen LogP contribution >= 0.6 is 0 Å². The lowest BCUT2D eigenvalue weighted by Crippen LogP contribution is -2.56. The Morgan fingerprint density at radius 3 is 2.32 bits per heavy atom. The summed E-state index contributed by atoms with van der Waals surface area (Å²) in [6, 6.07) is 11.5. The van der Waals surface area contributed by atoms with Crippen molar-refractivity contribution in [3.63, 3.8) is 0 Å². The van der Waals surface area contributed by atoms with E-state index in [-0.39, 0.29) is 38.0 Å². The molecule has 10 heteroatoms. The van der Waals surface area contributed by atoms with E-state index >= 15 is 0 Å². The van der Waals surface area contributed by atoms with Gasteiger partial charge in [0.25, 0.3) is 0 Å². The first-order valence-electron chi connectivity index (χ1n) is 12.9. The van der Waals surface area contributed by atoms with Crippen LogP contribution in [0, 0.1) is 18.6 Å². The molecule has 208 valence electrons. The first-order valence-corrected chi connectivity index (χ1v) is 12.9. The van der Waals surface area contributed by atoms with E-state index in [4.69, 9.17) is 9.47 Å². The van der Waals surface area contributed by atoms with Crippen molar-refractivity contribution in [3.05, 3.63) is 59.7 Å². The molecule has 4 rings (SSSR count). The molecular formula is C28H37F2N3O5. The predicted octanol–water partition coefficient (Wildman–Crippen LogP) is 2.21. The van der Waals surface area contributed by atoms with Crippen LogP contribution in [0.2, 0.25) is 0 Å². The Labute approximate surface area is 222 Å². The standard InChI is InChI=1S/C28H37F2N3O5/c1-21-3-5-22(6-4-21)32-11-9-27(35,10-12-32)17-31-13-14-33(26(34)16-37-2)19-28(36,18-31)20-38-23-7-8-24(29)25(30)15-23/h3-8,15,35-36H,9-14,16-20H2,1-2H3/t28-/m0/s1. The molecule has 0 bridgehead atoms. The molecule has 2 fully saturated rings. The summed E-state index contributed by atoms with van der Waals surface area (Å²) in [5.41, 5.74) is -0.135. The van der Waals surface area contributed by atoms with E-state index in [9.17, 15) is 23.8 Å². The average Bonchev–Trinajstić information content (AvgIpc) is 3.04. The fraction of sp³-hybridized carbons (Fsp3) is 0.536. The number of aryl methyl sites for hydroxylation is 1. The van der Waals surface area contributed by atoms with Crippen molar-refractivity contribution < 1.29 is 33.3 Å². The summed E-state index contributed by atoms with van der Waals surface area (Å²) < 4.78 is 37.6. The number of aliphatic hydroxyl groups is 2. The Balaban J connectivity index is 1.43. The zero-order chi connectivity index (χ0) is 27.3. The second kappa shape index (κ2) is 11.9. The van der Waals surface area contributed by atoms with Gasteiger partial charge >= 0.3 is 0 Å². The third-order valence-electron chi connectivity index (χ3n) is 7.32. The minimum Gasteiger partial charge on any atom is -0.490 e. The third-order valence-corrected chi connectivity index (χ3v) is 7.32. The first-order chi connectivity index (χ1) is 18.1. The van der Waals surface area contributed by atoms with Gasteiger partial charge in [-0.2, -0.15) is 0 Å². The van der Waals surface area contributed by atoms with Crippen LogP contribution in [0.15, 0.2) is 42.5 Å². The minimum absolute atomic E-state index is 0.0188. The van der Waals surface area contributed by atoms with Gasteiger partial charge in [-0.3, -0.25) is 9.69 Å². The van der Waals surface area contributed by atoms with Crippen LogP contribution in [0.3, 0.4) is 0 Å². The molecule has 0 unspecified atom stereocenters. The summed E-state index contributed by atoms with van der Waals surface area (Å²) in [7, 11) is 1.43. The van der Waals surface area contributed by atoms with Crippen molar-refractivity contribution in [2.24, 2.45) is 0 Å². The first kappa shape index (κ1) is 28.2. The van der Waals surface area contributed by atoms with E-state index in [1.54, 1.807) is 0 Å². The predicted molar refractivity (Wildman–Crippen MR) is 139 cm³/mol. The Morgan fingerprint density at radius 2 is 1.66 bits per heavy atom. The number of anilines is 1. The molecule has 0 saturated carbocycles. The van der Waals surface area contributed by atoms with Crippen LogP contribution in [-0.2, 0) is 9.53 Å². The van der Waals surface area contributed by atoms with E-state index in [1.165, 1.54) is 23.6 Å². The highest BCUT2D eigenvalue weighted by Gasteiger charge is 2.41. The minimum atomic E-state index is -1.51. The molecule has 0 aromatic heterocycles. The largest absolute Gasteiger partial charge is 0.490 e. The fourth-order valence-electron chi connectivity index (χ4n) is 5.19. The number of hydrogen-bond acceptors (Lipinski definition) is 7. The maximum Gasteiger partial charge on any atom is 0.248 e. The highest BCUT2D eigenvalue weighted by atomic mass is 19.2. The number of ether oxygens (including phenoxy) is 2. The van der Waals surface area contributed by atoms with E-state index in [0.29, 0.717) is 45.6 Å². The monoisotopic (exact) mass is 533 g/mol. The van der Waals surface area contributed by atoms with Crippen LogP contribution in [0.1, 0.15) is 18.4 Å². The summed E-state index contributed by atoms with van der Waals surface area (Å²) in [6.07, 6.45) is 1.13. The van der Waals surface area contributed by atoms with Gasteiger partial charge in [-0.1, -0.05) is 17.7 Å². The molecule has 8 nitrogen and oxygen atoms in total. The lowest BCUT2D eigenvalue weighted by atomic mass is 9.90. The van der Waals surface area contributed by atoms with E-state index in [0.717, 1.165) is 17.8 Å². The summed E-state index contributed by atoms with van der Waals surface area (Å²) >= 11 is 0. The molecule has 1 amide bonds. The van der Waals surface area contributed by atoms with Crippen molar-refractivity contribution in [3.8, 4) is 5.75 Å². The number of carbonyl (C=O) groups excluding carboxylic acids is 1. The van der Waals surface area contributed by atoms with Crippen molar-refractivity contribution >= 4 is 11.6 Å². The van der Waals surface area contributed by atoms with Crippen molar-refractivity contribution in [1.82, 2.24) is 9.80 Å². The number of nitrogens with zero attached hydrogens (tertiary/aromatic N) is 3. The Kier molecular flexibility index (Phi) is 8.87. The molecule has 1 atom stereocenters. The highest BCUT2D eigenvalue weighted by molar-refractivity contribution is 5.77. The summed E-state index contributed by atoms with van der Waals surface area (Å²) in [5.74, 6) is -2.24. The van der Waals surface area contributed by atoms with Crippen molar-refractivity contribution in [2.75, 3.05) is 71.0 Å². The Bertz CT molecular complexity index is 1090. The van der Waals surface area contributed by atoms with E-state index in [1.807, 2.05) is 11.8 Å². The molecule has 0 aliphatic carbocycles. The number of amides is 1. The number of methoxy groups -OCH3 is 1. The van der Waals surface area contributed by atoms with Crippen molar-refractivity contribution in [1.29, 1.82) is 0 Å². The lowest BCUT2D eigenvalue weighted by molar-refractivity contribution is -0.138. The number of benzene rings is 2. The van der Waals surface area contributed by atoms with Gasteiger partial charge in [-0.05, 0) is 44.0 Å². The lowest BCUT2D eigenvalue weighted by Gasteiger charge is -2.42. The average molecular weight is 534 g/mol. The maximum absolute atomic E-state index is 13.7. The van der Waals surface area contributed by atoms with Gasteiger partial charge in [0.1, 0.15) is 24.6 Å². The number of carbonyl (C=O) groups is 1. The van der Waals surface area contributed by atoms with E-state index < -0.39 is 22.8 Å². The maximum atomic E-state index is 13.7. The summed E-state index contributed by atoms with van der Waals surface area (Å²) in [4.78, 5) is 18.4. The molecule has 2 aliphatic rings. The van der Waals surface area contributed by atoms with E-state index in [2.05, 4.69) is 29.2 Å². The Hall–Kier alpha value is -2.79. The SMILES string of the molecule is COCC(=O)N1CCN(CC2(O)CCN(c3ccc(C)cc3)CC2)C[C@@](O)(COc2ccc(F)c(F)c2)C1. The van der Waals surface area contributed by atoms with Crippen LogP contribution < -0.4 is 9.64 Å². The van der Waals surface area contributed by atoms with Crippen LogP contribution in [-0.4, -0.2) is 103 Å². The molecule has 2 aromatic carbocycles. The van der Waals surface area contributed by atoms with Gasteiger partial charge in [-0.15, -0.1) is 0 Å². The van der Waals surface area contributed by atoms with Crippen LogP contribution in [0.4, 0.5) is 14.5 Å². The zero-order valence-electron chi connectivity index (χ0n) is 22.0. The smallest absolute Gasteiger partial charge is 0.248 e. The topological polar surface area (TPSA) is 85.7 Å². The molecule has 2 N–H and O–H groups in total. The molecule has 38 heavy (non-hydrogen) atoms. The zero-order valence-corrected chi connectivity index (χ0v) is 22.0. The molecule has 2 saturated heterocycles. The van der Waals surface area contributed by atoms with Gasteiger partial charge in [0.05, 0.1) is 12.1 Å². The molecule has 2 aromatic rings. The summed E-state index contributed by atoms with van der Waals surface area (Å²) in [6.45, 7) is 4.33. The van der Waals surface area contributed by atoms with Gasteiger partial charge in [0, 0.05) is 58.1 Å². The van der Waals surface area contributed by atoms with Gasteiger partial charge in [0.2, 0.25) is 5.91 Å². The number of hydrogen-bond donors (Lipinski definition) is 2. The molecule has 2 aliphatic heterocycles. The van der Waals surface area contributed by atoms with Gasteiger partial charge in [0.15, 0.2) is 11.6 Å². The van der Waals surface area contributed by atoms with Crippen LogP contribution in [0.25, 0.3) is 0 Å². The molecular weight excluding hydrogens is 496 g/mol. The number of piperidine rings is 1. The normalized spacial score (nSPS) is 22.3. The highest BCUT2D eigenvalue weighted by Crippen LogP contribution is 2.29. The quantitative estimate of drug-likeness (QED) is 0.538. The number of β-amino-alcohol motifs (C(OH)–C–C–N with tert-alkyl or cyclic N) is 2. The molecule has 0 spiro atoms. The van der Waals surface area contributed by atoms with Gasteiger partial charge < -0.3 is 29.5 Å². The number of rotatable bonds is 8. The van der Waals surface area contributed by atoms with Crippen molar-refractivity contribution in [2.45, 2.75) is 31.0 Å². The summed E-state index contributed by atoms with van der Waals surface area (Å²) in [5, 5.41) is 23.0. The van der Waals surface area contributed by atoms with Gasteiger partial charge in [-0.25, -0.2) is 8.78 Å². The second-order valence-corrected chi connectivity index (χ2v) is 10.6. The molecule has 2 heterocycles. The third kappa shape index (κ3) is 7.19. The van der Waals surface area contributed by atoms with Crippen LogP contribution in [0.5, 0.6) is 5.75 Å².